The first kappa shape index (κ1) is 14.6. The summed E-state index contributed by atoms with van der Waals surface area (Å²) in [6.07, 6.45) is 2.15. The number of aromatic nitrogens is 2. The molecular formula is C13H22N4OS. The lowest BCUT2D eigenvalue weighted by Crippen LogP contribution is -2.20. The van der Waals surface area contributed by atoms with Gasteiger partial charge in [0, 0.05) is 29.9 Å². The zero-order valence-corrected chi connectivity index (χ0v) is 12.6. The first-order valence-electron chi connectivity index (χ1n) is 6.59. The van der Waals surface area contributed by atoms with Crippen molar-refractivity contribution in [3.05, 3.63) is 11.9 Å². The Morgan fingerprint density at radius 3 is 2.58 bits per heavy atom. The largest absolute Gasteiger partial charge is 0.381 e. The highest BCUT2D eigenvalue weighted by Crippen LogP contribution is 2.31. The predicted octanol–water partition coefficient (Wildman–Crippen LogP) is 2.33. The summed E-state index contributed by atoms with van der Waals surface area (Å²) in [6.45, 7) is 8.00. The van der Waals surface area contributed by atoms with Gasteiger partial charge in [0.1, 0.15) is 16.7 Å². The zero-order valence-electron chi connectivity index (χ0n) is 11.8. The van der Waals surface area contributed by atoms with Gasteiger partial charge in [-0.25, -0.2) is 15.8 Å². The fraction of sp³-hybridized carbons (Fsp3) is 0.692. The van der Waals surface area contributed by atoms with E-state index in [4.69, 9.17) is 10.6 Å². The van der Waals surface area contributed by atoms with Crippen molar-refractivity contribution in [3.63, 3.8) is 0 Å². The van der Waals surface area contributed by atoms with Gasteiger partial charge in [0.25, 0.3) is 0 Å². The van der Waals surface area contributed by atoms with Crippen LogP contribution in [0, 0.1) is 0 Å². The summed E-state index contributed by atoms with van der Waals surface area (Å²) in [6, 6.07) is 1.91. The van der Waals surface area contributed by atoms with Gasteiger partial charge in [-0.05, 0) is 12.8 Å². The highest BCUT2D eigenvalue weighted by Gasteiger charge is 2.21. The van der Waals surface area contributed by atoms with Gasteiger partial charge in [0.15, 0.2) is 0 Å². The molecule has 0 amide bonds. The molecule has 0 bridgehead atoms. The summed E-state index contributed by atoms with van der Waals surface area (Å²) in [7, 11) is 0. The minimum atomic E-state index is -0.0855. The van der Waals surface area contributed by atoms with Crippen LogP contribution in [0.15, 0.2) is 11.1 Å². The van der Waals surface area contributed by atoms with Crippen LogP contribution in [0.4, 0.5) is 5.82 Å². The Hall–Kier alpha value is -0.850. The third-order valence-electron chi connectivity index (χ3n) is 2.98. The average molecular weight is 282 g/mol. The maximum Gasteiger partial charge on any atom is 0.144 e. The molecule has 106 valence electrons. The first-order valence-corrected chi connectivity index (χ1v) is 7.47. The van der Waals surface area contributed by atoms with Crippen molar-refractivity contribution < 1.29 is 4.74 Å². The average Bonchev–Trinajstić information content (AvgIpc) is 2.38. The predicted molar refractivity (Wildman–Crippen MR) is 78.2 cm³/mol. The lowest BCUT2D eigenvalue weighted by Gasteiger charge is -2.22. The van der Waals surface area contributed by atoms with E-state index in [1.165, 1.54) is 0 Å². The Kier molecular flexibility index (Phi) is 4.65. The molecular weight excluding hydrogens is 260 g/mol. The van der Waals surface area contributed by atoms with Crippen LogP contribution in [-0.2, 0) is 10.2 Å². The van der Waals surface area contributed by atoms with Gasteiger partial charge in [-0.15, -0.1) is 11.8 Å². The Balaban J connectivity index is 2.19. The van der Waals surface area contributed by atoms with Gasteiger partial charge in [-0.2, -0.15) is 0 Å². The van der Waals surface area contributed by atoms with Crippen molar-refractivity contribution in [2.45, 2.75) is 49.3 Å². The molecule has 0 saturated carbocycles. The van der Waals surface area contributed by atoms with E-state index in [9.17, 15) is 0 Å². The number of nitrogens with one attached hydrogen (secondary N) is 1. The van der Waals surface area contributed by atoms with Crippen LogP contribution in [0.3, 0.4) is 0 Å². The molecule has 1 aromatic rings. The lowest BCUT2D eigenvalue weighted by atomic mass is 9.96. The molecule has 1 aliphatic rings. The number of anilines is 1. The molecule has 3 N–H and O–H groups in total. The Morgan fingerprint density at radius 1 is 1.32 bits per heavy atom. The molecule has 2 heterocycles. The number of nitrogens with two attached hydrogens (primary N) is 1. The van der Waals surface area contributed by atoms with Gasteiger partial charge in [0.05, 0.1) is 0 Å². The third kappa shape index (κ3) is 4.06. The second-order valence-electron chi connectivity index (χ2n) is 5.74. The standard InChI is InChI=1S/C13H22N4OS/c1-13(2,3)12-15-10(17-14)8-11(16-12)19-9-4-6-18-7-5-9/h8-9H,4-7,14H2,1-3H3,(H,15,16,17). The van der Waals surface area contributed by atoms with Crippen molar-refractivity contribution >= 4 is 17.6 Å². The molecule has 6 heteroatoms. The van der Waals surface area contributed by atoms with E-state index in [1.807, 2.05) is 6.07 Å². The maximum atomic E-state index is 5.49. The minimum Gasteiger partial charge on any atom is -0.381 e. The van der Waals surface area contributed by atoms with Crippen molar-refractivity contribution in [3.8, 4) is 0 Å². The topological polar surface area (TPSA) is 73.1 Å². The smallest absolute Gasteiger partial charge is 0.144 e. The monoisotopic (exact) mass is 282 g/mol. The molecule has 1 saturated heterocycles. The summed E-state index contributed by atoms with van der Waals surface area (Å²) in [5.41, 5.74) is 2.54. The van der Waals surface area contributed by atoms with Crippen LogP contribution in [0.2, 0.25) is 0 Å². The van der Waals surface area contributed by atoms with Crippen LogP contribution in [-0.4, -0.2) is 28.4 Å². The molecule has 1 aromatic heterocycles. The number of hydrogen-bond donors (Lipinski definition) is 2. The summed E-state index contributed by atoms with van der Waals surface area (Å²) in [4.78, 5) is 9.09. The molecule has 19 heavy (non-hydrogen) atoms. The first-order chi connectivity index (χ1) is 8.99. The number of nitrogen functional groups attached to an aromatic ring is 1. The SMILES string of the molecule is CC(C)(C)c1nc(NN)cc(SC2CCOCC2)n1. The number of rotatable bonds is 3. The fourth-order valence-corrected chi connectivity index (χ4v) is 2.95. The van der Waals surface area contributed by atoms with Crippen LogP contribution >= 0.6 is 11.8 Å². The van der Waals surface area contributed by atoms with Crippen LogP contribution in [0.1, 0.15) is 39.4 Å². The van der Waals surface area contributed by atoms with Gasteiger partial charge in [-0.1, -0.05) is 20.8 Å². The Morgan fingerprint density at radius 2 is 2.00 bits per heavy atom. The molecule has 0 aromatic carbocycles. The number of hydrazine groups is 1. The van der Waals surface area contributed by atoms with E-state index < -0.39 is 0 Å². The molecule has 0 unspecified atom stereocenters. The third-order valence-corrected chi connectivity index (χ3v) is 4.23. The van der Waals surface area contributed by atoms with E-state index in [-0.39, 0.29) is 5.41 Å². The van der Waals surface area contributed by atoms with Crippen LogP contribution in [0.5, 0.6) is 0 Å². The van der Waals surface area contributed by atoms with Gasteiger partial charge in [0.2, 0.25) is 0 Å². The van der Waals surface area contributed by atoms with Crippen molar-refractivity contribution in [2.24, 2.45) is 5.84 Å². The van der Waals surface area contributed by atoms with Crippen molar-refractivity contribution in [1.82, 2.24) is 9.97 Å². The normalized spacial score (nSPS) is 17.5. The molecule has 5 nitrogen and oxygen atoms in total. The number of thioether (sulfide) groups is 1. The summed E-state index contributed by atoms with van der Waals surface area (Å²) in [5.74, 6) is 6.99. The summed E-state index contributed by atoms with van der Waals surface area (Å²) in [5, 5.41) is 1.56. The minimum absolute atomic E-state index is 0.0855. The highest BCUT2D eigenvalue weighted by atomic mass is 32.2. The molecule has 0 radical (unpaired) electrons. The molecule has 2 rings (SSSR count). The van der Waals surface area contributed by atoms with E-state index in [0.717, 1.165) is 36.9 Å². The Labute approximate surface area is 118 Å². The van der Waals surface area contributed by atoms with Crippen molar-refractivity contribution in [2.75, 3.05) is 18.6 Å². The van der Waals surface area contributed by atoms with E-state index in [0.29, 0.717) is 11.1 Å². The Bertz CT molecular complexity index is 427. The number of hydrogen-bond acceptors (Lipinski definition) is 6. The second kappa shape index (κ2) is 6.07. The zero-order chi connectivity index (χ0) is 13.9. The summed E-state index contributed by atoms with van der Waals surface area (Å²) >= 11 is 1.80. The number of ether oxygens (including phenoxy) is 1. The van der Waals surface area contributed by atoms with Crippen LogP contribution in [0.25, 0.3) is 0 Å². The molecule has 1 fully saturated rings. The summed E-state index contributed by atoms with van der Waals surface area (Å²) < 4.78 is 5.38. The second-order valence-corrected chi connectivity index (χ2v) is 7.06. The van der Waals surface area contributed by atoms with E-state index in [2.05, 4.69) is 36.2 Å². The van der Waals surface area contributed by atoms with Gasteiger partial charge < -0.3 is 10.2 Å². The molecule has 1 aliphatic heterocycles. The molecule has 0 spiro atoms. The van der Waals surface area contributed by atoms with Gasteiger partial charge >= 0.3 is 0 Å². The maximum absolute atomic E-state index is 5.49. The van der Waals surface area contributed by atoms with Gasteiger partial charge in [-0.3, -0.25) is 0 Å². The van der Waals surface area contributed by atoms with E-state index >= 15 is 0 Å². The number of nitrogens with zero attached hydrogens (tertiary/aromatic N) is 2. The van der Waals surface area contributed by atoms with E-state index in [1.54, 1.807) is 11.8 Å². The molecule has 0 atom stereocenters. The van der Waals surface area contributed by atoms with Crippen molar-refractivity contribution in [1.29, 1.82) is 0 Å². The molecule has 0 aliphatic carbocycles. The van der Waals surface area contributed by atoms with Crippen LogP contribution < -0.4 is 11.3 Å². The highest BCUT2D eigenvalue weighted by molar-refractivity contribution is 7.99. The fourth-order valence-electron chi connectivity index (χ4n) is 1.86. The quantitative estimate of drug-likeness (QED) is 0.503. The lowest BCUT2D eigenvalue weighted by molar-refractivity contribution is 0.1000.